The SMILES string of the molecule is COc1ccc2nc(NS(=O)(=O)c3c(=O)o[nH][n+]3-c3ccc(Cl)cc3)sc2c1. The van der Waals surface area contributed by atoms with Crippen molar-refractivity contribution in [2.45, 2.75) is 5.03 Å². The molecule has 0 amide bonds. The minimum Gasteiger partial charge on any atom is -0.497 e. The van der Waals surface area contributed by atoms with Gasteiger partial charge in [0.15, 0.2) is 5.13 Å². The van der Waals surface area contributed by atoms with Crippen LogP contribution in [0, 0.1) is 0 Å². The number of halogens is 1. The van der Waals surface area contributed by atoms with E-state index in [0.717, 1.165) is 20.7 Å². The summed E-state index contributed by atoms with van der Waals surface area (Å²) in [6, 6.07) is 11.4. The maximum absolute atomic E-state index is 12.8. The highest BCUT2D eigenvalue weighted by Crippen LogP contribution is 2.30. The number of ether oxygens (including phenoxy) is 1. The van der Waals surface area contributed by atoms with Gasteiger partial charge in [-0.05, 0) is 40.3 Å². The Labute approximate surface area is 167 Å². The molecule has 0 fully saturated rings. The molecule has 9 nitrogen and oxygen atoms in total. The summed E-state index contributed by atoms with van der Waals surface area (Å²) >= 11 is 6.96. The van der Waals surface area contributed by atoms with E-state index in [4.69, 9.17) is 20.9 Å². The van der Waals surface area contributed by atoms with Crippen LogP contribution < -0.4 is 19.8 Å². The third-order valence-electron chi connectivity index (χ3n) is 3.76. The summed E-state index contributed by atoms with van der Waals surface area (Å²) in [5, 5.41) is 2.22. The van der Waals surface area contributed by atoms with Crippen LogP contribution in [-0.2, 0) is 10.0 Å². The van der Waals surface area contributed by atoms with E-state index in [1.54, 1.807) is 30.3 Å². The van der Waals surface area contributed by atoms with Crippen molar-refractivity contribution in [3.05, 3.63) is 57.9 Å². The number of nitrogens with zero attached hydrogens (tertiary/aromatic N) is 2. The van der Waals surface area contributed by atoms with Crippen molar-refractivity contribution in [3.8, 4) is 11.4 Å². The van der Waals surface area contributed by atoms with Gasteiger partial charge in [-0.3, -0.25) is 4.52 Å². The number of H-pyrrole nitrogens is 1. The van der Waals surface area contributed by atoms with Gasteiger partial charge in [0.25, 0.3) is 0 Å². The van der Waals surface area contributed by atoms with Gasteiger partial charge in [-0.2, -0.15) is 8.42 Å². The minimum atomic E-state index is -4.29. The number of benzene rings is 2. The maximum atomic E-state index is 12.8. The molecule has 28 heavy (non-hydrogen) atoms. The van der Waals surface area contributed by atoms with Crippen molar-refractivity contribution in [2.24, 2.45) is 0 Å². The first-order valence-electron chi connectivity index (χ1n) is 7.74. The zero-order valence-electron chi connectivity index (χ0n) is 14.2. The van der Waals surface area contributed by atoms with Gasteiger partial charge in [0, 0.05) is 17.2 Å². The van der Waals surface area contributed by atoms with E-state index in [-0.39, 0.29) is 5.13 Å². The van der Waals surface area contributed by atoms with E-state index in [1.807, 2.05) is 0 Å². The molecule has 144 valence electrons. The lowest BCUT2D eigenvalue weighted by molar-refractivity contribution is -0.705. The highest BCUT2D eigenvalue weighted by atomic mass is 35.5. The van der Waals surface area contributed by atoms with Gasteiger partial charge in [0.05, 0.1) is 17.3 Å². The Bertz CT molecular complexity index is 1330. The predicted octanol–water partition coefficient (Wildman–Crippen LogP) is 2.32. The lowest BCUT2D eigenvalue weighted by atomic mass is 10.3. The molecule has 4 aromatic rings. The average Bonchev–Trinajstić information content (AvgIpc) is 3.24. The molecular weight excluding hydrogens is 428 g/mol. The van der Waals surface area contributed by atoms with E-state index >= 15 is 0 Å². The Kier molecular flexibility index (Phi) is 4.57. The van der Waals surface area contributed by atoms with Crippen LogP contribution in [0.5, 0.6) is 5.75 Å². The molecule has 12 heteroatoms. The van der Waals surface area contributed by atoms with Crippen molar-refractivity contribution >= 4 is 48.3 Å². The number of aromatic amines is 1. The Morgan fingerprint density at radius 2 is 2.00 bits per heavy atom. The number of methoxy groups -OCH3 is 1. The fourth-order valence-electron chi connectivity index (χ4n) is 2.49. The number of anilines is 1. The molecule has 0 spiro atoms. The summed E-state index contributed by atoms with van der Waals surface area (Å²) in [7, 11) is -2.76. The molecule has 0 aliphatic heterocycles. The molecule has 0 bridgehead atoms. The fourth-order valence-corrected chi connectivity index (χ4v) is 4.88. The molecule has 0 saturated carbocycles. The van der Waals surface area contributed by atoms with Crippen LogP contribution in [0.4, 0.5) is 5.13 Å². The number of rotatable bonds is 5. The van der Waals surface area contributed by atoms with Gasteiger partial charge >= 0.3 is 20.7 Å². The van der Waals surface area contributed by atoms with Gasteiger partial charge < -0.3 is 4.74 Å². The molecule has 0 atom stereocenters. The van der Waals surface area contributed by atoms with Crippen molar-refractivity contribution in [1.29, 1.82) is 0 Å². The smallest absolute Gasteiger partial charge is 0.449 e. The van der Waals surface area contributed by atoms with E-state index in [9.17, 15) is 13.2 Å². The minimum absolute atomic E-state index is 0.103. The molecule has 2 aromatic carbocycles. The quantitative estimate of drug-likeness (QED) is 0.461. The topological polar surface area (TPSA) is 118 Å². The van der Waals surface area contributed by atoms with E-state index in [2.05, 4.69) is 15.0 Å². The first kappa shape index (κ1) is 18.5. The maximum Gasteiger partial charge on any atom is 0.449 e. The van der Waals surface area contributed by atoms with Crippen LogP contribution >= 0.6 is 22.9 Å². The lowest BCUT2D eigenvalue weighted by Gasteiger charge is -1.99. The Morgan fingerprint density at radius 1 is 1.25 bits per heavy atom. The second-order valence-corrected chi connectivity index (χ2v) is 8.62. The summed E-state index contributed by atoms with van der Waals surface area (Å²) in [6.45, 7) is 0. The highest BCUT2D eigenvalue weighted by molar-refractivity contribution is 7.92. The first-order chi connectivity index (χ1) is 13.4. The molecule has 2 heterocycles. The van der Waals surface area contributed by atoms with Crippen molar-refractivity contribution in [2.75, 3.05) is 11.8 Å². The molecule has 4 rings (SSSR count). The number of sulfonamides is 1. The summed E-state index contributed by atoms with van der Waals surface area (Å²) < 4.78 is 39.6. The average molecular weight is 440 g/mol. The van der Waals surface area contributed by atoms with Crippen LogP contribution in [0.3, 0.4) is 0 Å². The molecule has 0 aliphatic rings. The molecule has 0 radical (unpaired) electrons. The van der Waals surface area contributed by atoms with Gasteiger partial charge in [-0.25, -0.2) is 14.5 Å². The lowest BCUT2D eigenvalue weighted by Crippen LogP contribution is -2.42. The van der Waals surface area contributed by atoms with Crippen LogP contribution in [0.15, 0.2) is 56.8 Å². The van der Waals surface area contributed by atoms with Gasteiger partial charge in [-0.15, -0.1) is 0 Å². The second kappa shape index (κ2) is 6.93. The van der Waals surface area contributed by atoms with Gasteiger partial charge in [0.2, 0.25) is 5.69 Å². The molecular formula is C16H12ClN4O5S2+. The number of hydrogen-bond donors (Lipinski definition) is 2. The monoisotopic (exact) mass is 439 g/mol. The molecule has 0 aliphatic carbocycles. The number of fused-ring (bicyclic) bond motifs is 1. The number of thiazole rings is 1. The molecule has 2 aromatic heterocycles. The molecule has 0 unspecified atom stereocenters. The van der Waals surface area contributed by atoms with Crippen LogP contribution in [0.1, 0.15) is 0 Å². The number of hydrogen-bond acceptors (Lipinski definition) is 7. The van der Waals surface area contributed by atoms with Crippen molar-refractivity contribution in [3.63, 3.8) is 0 Å². The summed E-state index contributed by atoms with van der Waals surface area (Å²) in [5.74, 6) is 0.623. The molecule has 0 saturated heterocycles. The normalized spacial score (nSPS) is 11.6. The zero-order chi connectivity index (χ0) is 19.9. The summed E-state index contributed by atoms with van der Waals surface area (Å²) in [4.78, 5) is 16.3. The summed E-state index contributed by atoms with van der Waals surface area (Å²) in [5.41, 5.74) is -0.106. The predicted molar refractivity (Wildman–Crippen MR) is 103 cm³/mol. The number of aromatic nitrogens is 3. The van der Waals surface area contributed by atoms with Crippen molar-refractivity contribution < 1.29 is 22.4 Å². The standard InChI is InChI=1S/C16H11ClN4O5S2/c1-25-11-6-7-12-13(8-11)27-16(18-12)19-28(23,24)14-15(22)26-20-21(14)10-4-2-9(17)3-5-10/h2-8H,1H3,(H-,18,19,20,22)/p+1. The third-order valence-corrected chi connectivity index (χ3v) is 6.40. The van der Waals surface area contributed by atoms with E-state index in [1.165, 1.54) is 19.2 Å². The zero-order valence-corrected chi connectivity index (χ0v) is 16.6. The van der Waals surface area contributed by atoms with Crippen molar-refractivity contribution in [1.82, 2.24) is 10.3 Å². The third kappa shape index (κ3) is 3.35. The van der Waals surface area contributed by atoms with E-state index in [0.29, 0.717) is 22.0 Å². The Balaban J connectivity index is 1.74. The highest BCUT2D eigenvalue weighted by Gasteiger charge is 2.37. The van der Waals surface area contributed by atoms with Gasteiger partial charge in [0.1, 0.15) is 5.75 Å². The van der Waals surface area contributed by atoms with Crippen LogP contribution in [-0.4, -0.2) is 25.8 Å². The first-order valence-corrected chi connectivity index (χ1v) is 10.4. The largest absolute Gasteiger partial charge is 0.497 e. The second-order valence-electron chi connectivity index (χ2n) is 5.56. The Morgan fingerprint density at radius 3 is 2.71 bits per heavy atom. The van der Waals surface area contributed by atoms with Crippen LogP contribution in [0.2, 0.25) is 5.02 Å². The summed E-state index contributed by atoms with van der Waals surface area (Å²) in [6.07, 6.45) is 0. The van der Waals surface area contributed by atoms with E-state index < -0.39 is 20.7 Å². The Hall–Kier alpha value is -2.89. The van der Waals surface area contributed by atoms with Crippen LogP contribution in [0.25, 0.3) is 15.9 Å². The van der Waals surface area contributed by atoms with Gasteiger partial charge in [-0.1, -0.05) is 22.9 Å². The number of nitrogens with one attached hydrogen (secondary N) is 2. The fraction of sp³-hybridized carbons (Fsp3) is 0.0625. The molecule has 2 N–H and O–H groups in total.